The standard InChI is InChI=1S/C9H8F10O3/c1-2-3(20)22-4(8(14,15)16)7(12,13)6(21,5(10)11)9(17,18)19/h4-5,21H,2H2,1H3. The van der Waals surface area contributed by atoms with Gasteiger partial charge in [-0.15, -0.1) is 0 Å². The molecule has 0 aliphatic heterocycles. The zero-order chi connectivity index (χ0) is 18.1. The summed E-state index contributed by atoms with van der Waals surface area (Å²) in [5.74, 6) is -8.62. The Morgan fingerprint density at radius 2 is 1.45 bits per heavy atom. The van der Waals surface area contributed by atoms with Crippen molar-refractivity contribution in [1.29, 1.82) is 0 Å². The minimum atomic E-state index is -6.84. The predicted octanol–water partition coefficient (Wildman–Crippen LogP) is 3.06. The predicted molar refractivity (Wildman–Crippen MR) is 48.2 cm³/mol. The SMILES string of the molecule is CCC(=O)OC(C(F)(F)F)C(F)(F)C(O)(C(F)F)C(F)(F)F. The molecule has 0 bridgehead atoms. The third-order valence-electron chi connectivity index (χ3n) is 2.42. The first kappa shape index (κ1) is 20.7. The molecular formula is C9H8F10O3. The average molecular weight is 354 g/mol. The van der Waals surface area contributed by atoms with E-state index in [9.17, 15) is 48.7 Å². The molecule has 2 atom stereocenters. The van der Waals surface area contributed by atoms with Crippen molar-refractivity contribution < 1.29 is 58.5 Å². The number of esters is 1. The van der Waals surface area contributed by atoms with Gasteiger partial charge in [-0.25, -0.2) is 8.78 Å². The Bertz CT molecular complexity index is 401. The van der Waals surface area contributed by atoms with Crippen LogP contribution in [-0.2, 0) is 9.53 Å². The van der Waals surface area contributed by atoms with E-state index in [1.807, 2.05) is 0 Å². The molecule has 0 amide bonds. The summed E-state index contributed by atoms with van der Waals surface area (Å²) < 4.78 is 129. The van der Waals surface area contributed by atoms with Crippen molar-refractivity contribution in [2.75, 3.05) is 0 Å². The van der Waals surface area contributed by atoms with Crippen LogP contribution in [-0.4, -0.2) is 47.5 Å². The number of hydrogen-bond acceptors (Lipinski definition) is 3. The summed E-state index contributed by atoms with van der Waals surface area (Å²) in [4.78, 5) is 10.7. The Labute approximate surface area is 115 Å². The van der Waals surface area contributed by atoms with Gasteiger partial charge in [-0.1, -0.05) is 6.92 Å². The second-order valence-corrected chi connectivity index (χ2v) is 3.95. The molecule has 0 aromatic heterocycles. The molecule has 132 valence electrons. The van der Waals surface area contributed by atoms with Crippen LogP contribution in [0.1, 0.15) is 13.3 Å². The van der Waals surface area contributed by atoms with Gasteiger partial charge in [0.15, 0.2) is 0 Å². The molecule has 2 unspecified atom stereocenters. The van der Waals surface area contributed by atoms with Gasteiger partial charge in [0.25, 0.3) is 18.1 Å². The lowest BCUT2D eigenvalue weighted by molar-refractivity contribution is -0.401. The van der Waals surface area contributed by atoms with E-state index in [1.165, 1.54) is 0 Å². The molecule has 0 aromatic rings. The van der Waals surface area contributed by atoms with Crippen LogP contribution in [0.25, 0.3) is 0 Å². The van der Waals surface area contributed by atoms with Gasteiger partial charge in [0.2, 0.25) is 0 Å². The minimum Gasteiger partial charge on any atom is -0.446 e. The molecule has 0 saturated heterocycles. The number of ether oxygens (including phenoxy) is 1. The first-order valence-corrected chi connectivity index (χ1v) is 5.24. The molecule has 0 radical (unpaired) electrons. The lowest BCUT2D eigenvalue weighted by Crippen LogP contribution is -2.70. The van der Waals surface area contributed by atoms with E-state index < -0.39 is 48.8 Å². The van der Waals surface area contributed by atoms with E-state index in [2.05, 4.69) is 4.74 Å². The first-order chi connectivity index (χ1) is 9.53. The topological polar surface area (TPSA) is 46.5 Å². The van der Waals surface area contributed by atoms with Crippen molar-refractivity contribution in [3.8, 4) is 0 Å². The Morgan fingerprint density at radius 3 is 1.68 bits per heavy atom. The van der Waals surface area contributed by atoms with Crippen molar-refractivity contribution in [1.82, 2.24) is 0 Å². The average Bonchev–Trinajstić information content (AvgIpc) is 2.30. The summed E-state index contributed by atoms with van der Waals surface area (Å²) in [6.45, 7) is 0.816. The number of carbonyl (C=O) groups excluding carboxylic acids is 1. The molecule has 0 heterocycles. The highest BCUT2D eigenvalue weighted by atomic mass is 19.4. The second kappa shape index (κ2) is 6.08. The van der Waals surface area contributed by atoms with Crippen LogP contribution in [0.2, 0.25) is 0 Å². The normalized spacial score (nSPS) is 18.0. The van der Waals surface area contributed by atoms with Gasteiger partial charge in [-0.3, -0.25) is 4.79 Å². The number of aliphatic hydroxyl groups is 1. The van der Waals surface area contributed by atoms with Gasteiger partial charge < -0.3 is 9.84 Å². The number of rotatable bonds is 5. The molecule has 22 heavy (non-hydrogen) atoms. The van der Waals surface area contributed by atoms with Gasteiger partial charge in [0.1, 0.15) is 0 Å². The molecular weight excluding hydrogens is 346 g/mol. The number of hydrogen-bond donors (Lipinski definition) is 1. The van der Waals surface area contributed by atoms with E-state index in [0.717, 1.165) is 6.92 Å². The highest BCUT2D eigenvalue weighted by Gasteiger charge is 2.81. The van der Waals surface area contributed by atoms with Crippen LogP contribution >= 0.6 is 0 Å². The fraction of sp³-hybridized carbons (Fsp3) is 0.889. The molecule has 0 aliphatic rings. The van der Waals surface area contributed by atoms with Gasteiger partial charge in [0, 0.05) is 6.42 Å². The van der Waals surface area contributed by atoms with Gasteiger partial charge in [0.05, 0.1) is 0 Å². The molecule has 0 rings (SSSR count). The monoisotopic (exact) mass is 354 g/mol. The molecule has 1 N–H and O–H groups in total. The Hall–Kier alpha value is -1.27. The lowest BCUT2D eigenvalue weighted by atomic mass is 9.90. The zero-order valence-corrected chi connectivity index (χ0v) is 10.4. The highest BCUT2D eigenvalue weighted by molar-refractivity contribution is 5.69. The van der Waals surface area contributed by atoms with E-state index in [1.54, 1.807) is 0 Å². The summed E-state index contributed by atoms with van der Waals surface area (Å²) in [6, 6.07) is 0. The van der Waals surface area contributed by atoms with Crippen molar-refractivity contribution >= 4 is 5.97 Å². The van der Waals surface area contributed by atoms with Crippen molar-refractivity contribution in [3.63, 3.8) is 0 Å². The second-order valence-electron chi connectivity index (χ2n) is 3.95. The molecule has 0 spiro atoms. The van der Waals surface area contributed by atoms with Crippen LogP contribution < -0.4 is 0 Å². The van der Waals surface area contributed by atoms with Crippen LogP contribution in [0.5, 0.6) is 0 Å². The van der Waals surface area contributed by atoms with Crippen molar-refractivity contribution in [3.05, 3.63) is 0 Å². The molecule has 0 saturated carbocycles. The summed E-state index contributed by atoms with van der Waals surface area (Å²) in [7, 11) is 0. The van der Waals surface area contributed by atoms with Gasteiger partial charge >= 0.3 is 24.2 Å². The minimum absolute atomic E-state index is 0.816. The van der Waals surface area contributed by atoms with E-state index >= 15 is 0 Å². The quantitative estimate of drug-likeness (QED) is 0.610. The van der Waals surface area contributed by atoms with Crippen LogP contribution in [0.3, 0.4) is 0 Å². The van der Waals surface area contributed by atoms with Crippen LogP contribution in [0.4, 0.5) is 43.9 Å². The fourth-order valence-corrected chi connectivity index (χ4v) is 1.22. The Balaban J connectivity index is 6.12. The molecule has 13 heteroatoms. The number of alkyl halides is 10. The molecule has 3 nitrogen and oxygen atoms in total. The molecule has 0 fully saturated rings. The maximum atomic E-state index is 13.4. The molecule has 0 aliphatic carbocycles. The van der Waals surface area contributed by atoms with E-state index in [0.29, 0.717) is 0 Å². The maximum Gasteiger partial charge on any atom is 0.431 e. The maximum absolute atomic E-state index is 13.4. The third-order valence-corrected chi connectivity index (χ3v) is 2.42. The third kappa shape index (κ3) is 3.55. The fourth-order valence-electron chi connectivity index (χ4n) is 1.22. The van der Waals surface area contributed by atoms with Crippen molar-refractivity contribution in [2.24, 2.45) is 0 Å². The van der Waals surface area contributed by atoms with Gasteiger partial charge in [-0.05, 0) is 0 Å². The first-order valence-electron chi connectivity index (χ1n) is 5.24. The number of halogens is 10. The van der Waals surface area contributed by atoms with Crippen molar-refractivity contribution in [2.45, 2.75) is 49.8 Å². The number of carbonyl (C=O) groups is 1. The van der Waals surface area contributed by atoms with E-state index in [-0.39, 0.29) is 0 Å². The van der Waals surface area contributed by atoms with Crippen LogP contribution in [0.15, 0.2) is 0 Å². The Morgan fingerprint density at radius 1 is 1.05 bits per heavy atom. The summed E-state index contributed by atoms with van der Waals surface area (Å²) in [5, 5.41) is 8.56. The zero-order valence-electron chi connectivity index (χ0n) is 10.4. The Kier molecular flexibility index (Phi) is 5.73. The summed E-state index contributed by atoms with van der Waals surface area (Å²) >= 11 is 0. The largest absolute Gasteiger partial charge is 0.446 e. The lowest BCUT2D eigenvalue weighted by Gasteiger charge is -2.40. The van der Waals surface area contributed by atoms with E-state index in [4.69, 9.17) is 5.11 Å². The summed E-state index contributed by atoms with van der Waals surface area (Å²) in [6.07, 6.45) is -24.4. The smallest absolute Gasteiger partial charge is 0.431 e. The molecule has 0 aromatic carbocycles. The van der Waals surface area contributed by atoms with Crippen LogP contribution in [0, 0.1) is 0 Å². The highest BCUT2D eigenvalue weighted by Crippen LogP contribution is 2.51. The summed E-state index contributed by atoms with van der Waals surface area (Å²) in [5.41, 5.74) is -6.37. The van der Waals surface area contributed by atoms with Gasteiger partial charge in [-0.2, -0.15) is 35.1 Å².